The SMILES string of the molecule is [C-]#[N+]c1cc(-n2cc(C(F)(F)F)c3c2CCC(F)(F)C3=O)cc(F)c1F. The van der Waals surface area contributed by atoms with Crippen molar-refractivity contribution in [2.75, 3.05) is 0 Å². The summed E-state index contributed by atoms with van der Waals surface area (Å²) in [6.07, 6.45) is -6.33. The highest BCUT2D eigenvalue weighted by atomic mass is 19.4. The summed E-state index contributed by atoms with van der Waals surface area (Å²) in [7, 11) is 0. The number of alkyl halides is 5. The van der Waals surface area contributed by atoms with Crippen LogP contribution in [0.1, 0.15) is 28.0 Å². The van der Waals surface area contributed by atoms with Crippen LogP contribution in [-0.4, -0.2) is 16.3 Å². The zero-order valence-corrected chi connectivity index (χ0v) is 12.6. The first-order valence-corrected chi connectivity index (χ1v) is 7.08. The summed E-state index contributed by atoms with van der Waals surface area (Å²) in [5.41, 5.74) is -4.34. The number of aromatic nitrogens is 1. The van der Waals surface area contributed by atoms with Gasteiger partial charge in [-0.15, -0.1) is 0 Å². The molecular formula is C16H7F7N2O. The van der Waals surface area contributed by atoms with Crippen LogP contribution in [0.5, 0.6) is 0 Å². The molecule has 0 spiro atoms. The van der Waals surface area contributed by atoms with Crippen molar-refractivity contribution in [3.63, 3.8) is 0 Å². The van der Waals surface area contributed by atoms with Crippen LogP contribution in [0.3, 0.4) is 0 Å². The minimum absolute atomic E-state index is 0.375. The first-order valence-electron chi connectivity index (χ1n) is 7.08. The average molecular weight is 376 g/mol. The van der Waals surface area contributed by atoms with Crippen LogP contribution in [0.25, 0.3) is 10.5 Å². The van der Waals surface area contributed by atoms with Gasteiger partial charge in [0, 0.05) is 24.0 Å². The van der Waals surface area contributed by atoms with Gasteiger partial charge in [-0.25, -0.2) is 13.6 Å². The predicted octanol–water partition coefficient (Wildman–Crippen LogP) is 5.09. The normalized spacial score (nSPS) is 16.3. The maximum atomic E-state index is 13.6. The zero-order valence-electron chi connectivity index (χ0n) is 12.6. The van der Waals surface area contributed by atoms with Gasteiger partial charge >= 0.3 is 12.1 Å². The van der Waals surface area contributed by atoms with Crippen molar-refractivity contribution in [1.29, 1.82) is 0 Å². The first-order chi connectivity index (χ1) is 12.0. The van der Waals surface area contributed by atoms with Crippen LogP contribution >= 0.6 is 0 Å². The van der Waals surface area contributed by atoms with E-state index < -0.39 is 64.9 Å². The summed E-state index contributed by atoms with van der Waals surface area (Å²) < 4.78 is 94.7. The largest absolute Gasteiger partial charge is 0.418 e. The van der Waals surface area contributed by atoms with E-state index in [1.54, 1.807) is 0 Å². The van der Waals surface area contributed by atoms with E-state index in [4.69, 9.17) is 6.57 Å². The van der Waals surface area contributed by atoms with Gasteiger partial charge in [0.25, 0.3) is 0 Å². The Balaban J connectivity index is 2.31. The van der Waals surface area contributed by atoms with Crippen LogP contribution in [0, 0.1) is 18.2 Å². The van der Waals surface area contributed by atoms with Crippen molar-refractivity contribution in [2.24, 2.45) is 0 Å². The van der Waals surface area contributed by atoms with Crippen molar-refractivity contribution >= 4 is 11.5 Å². The second-order valence-corrected chi connectivity index (χ2v) is 5.64. The number of Topliss-reactive ketones (excluding diaryl/α,β-unsaturated/α-hetero) is 1. The Hall–Kier alpha value is -2.83. The highest BCUT2D eigenvalue weighted by molar-refractivity contribution is 6.05. The van der Waals surface area contributed by atoms with E-state index in [0.29, 0.717) is 16.8 Å². The number of hydrogen-bond acceptors (Lipinski definition) is 1. The molecule has 1 aliphatic carbocycles. The molecule has 1 aliphatic rings. The second kappa shape index (κ2) is 5.59. The fourth-order valence-corrected chi connectivity index (χ4v) is 2.84. The van der Waals surface area contributed by atoms with Crippen LogP contribution in [0.15, 0.2) is 18.3 Å². The van der Waals surface area contributed by atoms with E-state index in [2.05, 4.69) is 4.85 Å². The molecule has 0 fully saturated rings. The molecule has 0 saturated carbocycles. The summed E-state index contributed by atoms with van der Waals surface area (Å²) in [5, 5.41) is 0. The van der Waals surface area contributed by atoms with Crippen LogP contribution in [0.2, 0.25) is 0 Å². The Morgan fingerprint density at radius 3 is 2.42 bits per heavy atom. The van der Waals surface area contributed by atoms with E-state index in [1.165, 1.54) is 0 Å². The molecule has 1 aromatic carbocycles. The summed E-state index contributed by atoms with van der Waals surface area (Å²) in [5.74, 6) is -8.90. The fourth-order valence-electron chi connectivity index (χ4n) is 2.84. The molecule has 3 rings (SSSR count). The molecule has 136 valence electrons. The highest BCUT2D eigenvalue weighted by Crippen LogP contribution is 2.43. The van der Waals surface area contributed by atoms with Gasteiger partial charge in [-0.3, -0.25) is 4.79 Å². The molecule has 0 radical (unpaired) electrons. The predicted molar refractivity (Wildman–Crippen MR) is 74.5 cm³/mol. The molecule has 1 heterocycles. The Kier molecular flexibility index (Phi) is 3.86. The second-order valence-electron chi connectivity index (χ2n) is 5.64. The minimum atomic E-state index is -5.11. The van der Waals surface area contributed by atoms with E-state index in [-0.39, 0.29) is 5.69 Å². The molecule has 0 saturated heterocycles. The van der Waals surface area contributed by atoms with Gasteiger partial charge in [-0.1, -0.05) is 0 Å². The maximum absolute atomic E-state index is 13.6. The molecule has 0 N–H and O–H groups in total. The van der Waals surface area contributed by atoms with Crippen LogP contribution in [-0.2, 0) is 12.6 Å². The minimum Gasteiger partial charge on any atom is -0.321 e. The topological polar surface area (TPSA) is 26.4 Å². The molecule has 10 heteroatoms. The number of halogens is 7. The number of benzene rings is 1. The van der Waals surface area contributed by atoms with Crippen LogP contribution in [0.4, 0.5) is 36.4 Å². The summed E-state index contributed by atoms with van der Waals surface area (Å²) in [4.78, 5) is 14.6. The van der Waals surface area contributed by atoms with E-state index in [0.717, 1.165) is 6.07 Å². The zero-order chi connectivity index (χ0) is 19.4. The number of carbonyl (C=O) groups excluding carboxylic acids is 1. The smallest absolute Gasteiger partial charge is 0.321 e. The van der Waals surface area contributed by atoms with E-state index in [1.807, 2.05) is 0 Å². The van der Waals surface area contributed by atoms with Crippen molar-refractivity contribution < 1.29 is 35.5 Å². The lowest BCUT2D eigenvalue weighted by molar-refractivity contribution is -0.138. The van der Waals surface area contributed by atoms with Gasteiger partial charge in [0.1, 0.15) is 5.82 Å². The van der Waals surface area contributed by atoms with Crippen molar-refractivity contribution in [2.45, 2.75) is 24.9 Å². The number of rotatable bonds is 1. The molecule has 0 amide bonds. The third-order valence-corrected chi connectivity index (χ3v) is 4.04. The summed E-state index contributed by atoms with van der Waals surface area (Å²) in [6, 6.07) is 1.31. The van der Waals surface area contributed by atoms with Gasteiger partial charge in [0.05, 0.1) is 17.7 Å². The van der Waals surface area contributed by atoms with Gasteiger partial charge in [-0.2, -0.15) is 22.0 Å². The third kappa shape index (κ3) is 2.64. The van der Waals surface area contributed by atoms with E-state index in [9.17, 15) is 35.5 Å². The Morgan fingerprint density at radius 2 is 1.85 bits per heavy atom. The lowest BCUT2D eigenvalue weighted by Gasteiger charge is -2.23. The monoisotopic (exact) mass is 376 g/mol. The fraction of sp³-hybridized carbons (Fsp3) is 0.250. The van der Waals surface area contributed by atoms with Crippen molar-refractivity contribution in [1.82, 2.24) is 4.57 Å². The number of carbonyl (C=O) groups is 1. The number of fused-ring (bicyclic) bond motifs is 1. The van der Waals surface area contributed by atoms with Gasteiger partial charge in [0.2, 0.25) is 11.5 Å². The third-order valence-electron chi connectivity index (χ3n) is 4.04. The quantitative estimate of drug-likeness (QED) is 0.503. The standard InChI is InChI=1S/C16H7F7N2O/c1-24-10-5-7(4-9(17)13(10)18)25-6-8(16(21,22)23)12-11(25)2-3-15(19,20)14(12)26/h4-6H,2-3H2. The van der Waals surface area contributed by atoms with Gasteiger partial charge < -0.3 is 4.57 Å². The van der Waals surface area contributed by atoms with E-state index >= 15 is 0 Å². The molecule has 26 heavy (non-hydrogen) atoms. The molecular weight excluding hydrogens is 369 g/mol. The molecule has 1 aromatic heterocycles. The first kappa shape index (κ1) is 18.0. The summed E-state index contributed by atoms with van der Waals surface area (Å²) in [6.45, 7) is 6.79. The molecule has 2 aromatic rings. The lowest BCUT2D eigenvalue weighted by Crippen LogP contribution is -2.35. The number of nitrogens with zero attached hydrogens (tertiary/aromatic N) is 2. The van der Waals surface area contributed by atoms with Gasteiger partial charge in [0.15, 0.2) is 5.82 Å². The summed E-state index contributed by atoms with van der Waals surface area (Å²) >= 11 is 0. The van der Waals surface area contributed by atoms with Crippen LogP contribution < -0.4 is 0 Å². The Morgan fingerprint density at radius 1 is 1.19 bits per heavy atom. The lowest BCUT2D eigenvalue weighted by atomic mass is 9.90. The Bertz CT molecular complexity index is 966. The molecule has 0 bridgehead atoms. The van der Waals surface area contributed by atoms with Gasteiger partial charge in [-0.05, 0) is 18.6 Å². The number of ketones is 1. The van der Waals surface area contributed by atoms with Crippen molar-refractivity contribution in [3.05, 3.63) is 58.2 Å². The maximum Gasteiger partial charge on any atom is 0.418 e. The van der Waals surface area contributed by atoms with Crippen molar-refractivity contribution in [3.8, 4) is 5.69 Å². The Labute approximate surface area is 141 Å². The molecule has 0 atom stereocenters. The molecule has 0 aliphatic heterocycles. The average Bonchev–Trinajstić information content (AvgIpc) is 2.94. The highest BCUT2D eigenvalue weighted by Gasteiger charge is 2.50. The molecule has 3 nitrogen and oxygen atoms in total. The number of hydrogen-bond donors (Lipinski definition) is 0. The molecule has 0 unspecified atom stereocenters.